The molecule has 1 amide bonds. The Bertz CT molecular complexity index is 344. The van der Waals surface area contributed by atoms with Crippen LogP contribution >= 0.6 is 0 Å². The lowest BCUT2D eigenvalue weighted by atomic mass is 10.1. The molecule has 0 saturated carbocycles. The van der Waals surface area contributed by atoms with Crippen LogP contribution in [0.5, 0.6) is 0 Å². The molecule has 0 aromatic heterocycles. The third kappa shape index (κ3) is 2.84. The van der Waals surface area contributed by atoms with Crippen molar-refractivity contribution in [3.63, 3.8) is 0 Å². The Labute approximate surface area is 98.3 Å². The molecule has 1 aliphatic heterocycles. The molecule has 0 N–H and O–H groups in total. The first kappa shape index (κ1) is 12.8. The van der Waals surface area contributed by atoms with E-state index in [9.17, 15) is 4.79 Å². The van der Waals surface area contributed by atoms with Crippen LogP contribution in [0.3, 0.4) is 0 Å². The number of carbonyl (C=O) groups excluding carboxylic acids is 1. The fraction of sp³-hybridized carbons (Fsp3) is 0.500. The second-order valence-corrected chi connectivity index (χ2v) is 3.98. The molecule has 1 aromatic rings. The van der Waals surface area contributed by atoms with Gasteiger partial charge in [-0.3, -0.25) is 4.79 Å². The molecule has 16 heavy (non-hydrogen) atoms. The number of hydrogen-bond acceptors (Lipinski definition) is 1. The summed E-state index contributed by atoms with van der Waals surface area (Å²) in [5, 5.41) is 0. The third-order valence-electron chi connectivity index (χ3n) is 2.78. The van der Waals surface area contributed by atoms with Crippen LogP contribution in [0, 0.1) is 0 Å². The first-order valence-corrected chi connectivity index (χ1v) is 6.11. The molecule has 0 spiro atoms. The fourth-order valence-corrected chi connectivity index (χ4v) is 1.57. The molecule has 88 valence electrons. The summed E-state index contributed by atoms with van der Waals surface area (Å²) < 4.78 is 0. The molecule has 0 aliphatic carbocycles. The molecule has 1 heterocycles. The zero-order valence-electron chi connectivity index (χ0n) is 10.5. The molecule has 1 aromatic carbocycles. The van der Waals surface area contributed by atoms with Crippen LogP contribution in [-0.2, 0) is 6.54 Å². The second-order valence-electron chi connectivity index (χ2n) is 3.98. The van der Waals surface area contributed by atoms with Crippen molar-refractivity contribution in [2.45, 2.75) is 40.2 Å². The number of nitrogens with zero attached hydrogens (tertiary/aromatic N) is 1. The maximum atomic E-state index is 11.6. The normalized spacial score (nSPS) is 13.2. The van der Waals surface area contributed by atoms with E-state index in [0.717, 1.165) is 24.2 Å². The average molecular weight is 219 g/mol. The zero-order chi connectivity index (χ0) is 12.0. The minimum Gasteiger partial charge on any atom is -0.335 e. The fourth-order valence-electron chi connectivity index (χ4n) is 1.57. The Morgan fingerprint density at radius 1 is 1.12 bits per heavy atom. The van der Waals surface area contributed by atoms with E-state index in [2.05, 4.69) is 13.8 Å². The summed E-state index contributed by atoms with van der Waals surface area (Å²) in [5.74, 6) is 0.174. The maximum absolute atomic E-state index is 11.6. The van der Waals surface area contributed by atoms with Crippen molar-refractivity contribution >= 4 is 5.91 Å². The first-order chi connectivity index (χ1) is 7.74. The number of hydrogen-bond donors (Lipinski definition) is 0. The summed E-state index contributed by atoms with van der Waals surface area (Å²) in [4.78, 5) is 13.4. The van der Waals surface area contributed by atoms with Gasteiger partial charge in [-0.15, -0.1) is 0 Å². The maximum Gasteiger partial charge on any atom is 0.254 e. The molecule has 2 heteroatoms. The third-order valence-corrected chi connectivity index (χ3v) is 2.78. The highest BCUT2D eigenvalue weighted by Gasteiger charge is 2.24. The van der Waals surface area contributed by atoms with Gasteiger partial charge in [0.05, 0.1) is 0 Å². The highest BCUT2D eigenvalue weighted by molar-refractivity contribution is 5.98. The van der Waals surface area contributed by atoms with Gasteiger partial charge in [-0.05, 0) is 18.6 Å². The number of amides is 1. The molecule has 0 atom stereocenters. The zero-order valence-corrected chi connectivity index (χ0v) is 10.5. The van der Waals surface area contributed by atoms with E-state index in [0.29, 0.717) is 0 Å². The van der Waals surface area contributed by atoms with Gasteiger partial charge in [-0.25, -0.2) is 0 Å². The SMILES string of the molecule is CCCC.CCN1Cc2ccccc2C1=O. The Kier molecular flexibility index (Phi) is 5.03. The Morgan fingerprint density at radius 3 is 2.25 bits per heavy atom. The summed E-state index contributed by atoms with van der Waals surface area (Å²) in [6, 6.07) is 7.80. The van der Waals surface area contributed by atoms with E-state index in [1.165, 1.54) is 12.8 Å². The summed E-state index contributed by atoms with van der Waals surface area (Å²) in [6.45, 7) is 7.95. The van der Waals surface area contributed by atoms with Crippen molar-refractivity contribution in [1.29, 1.82) is 0 Å². The molecule has 2 nitrogen and oxygen atoms in total. The summed E-state index contributed by atoms with van der Waals surface area (Å²) >= 11 is 0. The van der Waals surface area contributed by atoms with Crippen molar-refractivity contribution in [2.24, 2.45) is 0 Å². The number of rotatable bonds is 2. The predicted molar refractivity (Wildman–Crippen MR) is 67.4 cm³/mol. The van der Waals surface area contributed by atoms with Crippen LogP contribution in [0.2, 0.25) is 0 Å². The quantitative estimate of drug-likeness (QED) is 0.746. The molecule has 0 saturated heterocycles. The molecule has 0 unspecified atom stereocenters. The lowest BCUT2D eigenvalue weighted by Gasteiger charge is -2.10. The Morgan fingerprint density at radius 2 is 1.75 bits per heavy atom. The molecule has 0 bridgehead atoms. The molecule has 0 fully saturated rings. The van der Waals surface area contributed by atoms with Crippen molar-refractivity contribution < 1.29 is 4.79 Å². The molecular formula is C14H21NO. The van der Waals surface area contributed by atoms with Crippen LogP contribution in [0.25, 0.3) is 0 Å². The van der Waals surface area contributed by atoms with Gasteiger partial charge in [0.1, 0.15) is 0 Å². The van der Waals surface area contributed by atoms with Crippen molar-refractivity contribution in [3.05, 3.63) is 35.4 Å². The highest BCUT2D eigenvalue weighted by Crippen LogP contribution is 2.21. The van der Waals surface area contributed by atoms with Gasteiger partial charge in [-0.2, -0.15) is 0 Å². The van der Waals surface area contributed by atoms with Crippen molar-refractivity contribution in [3.8, 4) is 0 Å². The minimum atomic E-state index is 0.174. The number of carbonyl (C=O) groups is 1. The van der Waals surface area contributed by atoms with Crippen molar-refractivity contribution in [1.82, 2.24) is 4.90 Å². The lowest BCUT2D eigenvalue weighted by Crippen LogP contribution is -2.22. The van der Waals surface area contributed by atoms with Gasteiger partial charge in [0.2, 0.25) is 0 Å². The number of unbranched alkanes of at least 4 members (excludes halogenated alkanes) is 1. The number of benzene rings is 1. The van der Waals surface area contributed by atoms with E-state index in [1.807, 2.05) is 36.1 Å². The second kappa shape index (κ2) is 6.31. The largest absolute Gasteiger partial charge is 0.335 e. The van der Waals surface area contributed by atoms with E-state index in [4.69, 9.17) is 0 Å². The van der Waals surface area contributed by atoms with Gasteiger partial charge < -0.3 is 4.90 Å². The summed E-state index contributed by atoms with van der Waals surface area (Å²) in [6.07, 6.45) is 2.64. The highest BCUT2D eigenvalue weighted by atomic mass is 16.2. The van der Waals surface area contributed by atoms with Crippen LogP contribution in [0.15, 0.2) is 24.3 Å². The van der Waals surface area contributed by atoms with E-state index >= 15 is 0 Å². The van der Waals surface area contributed by atoms with Crippen molar-refractivity contribution in [2.75, 3.05) is 6.54 Å². The first-order valence-electron chi connectivity index (χ1n) is 6.11. The van der Waals surface area contributed by atoms with Crippen LogP contribution < -0.4 is 0 Å². The van der Waals surface area contributed by atoms with E-state index < -0.39 is 0 Å². The van der Waals surface area contributed by atoms with Crippen LogP contribution in [-0.4, -0.2) is 17.4 Å². The summed E-state index contributed by atoms with van der Waals surface area (Å²) in [7, 11) is 0. The smallest absolute Gasteiger partial charge is 0.254 e. The van der Waals surface area contributed by atoms with Gasteiger partial charge in [-0.1, -0.05) is 44.9 Å². The van der Waals surface area contributed by atoms with Gasteiger partial charge >= 0.3 is 0 Å². The van der Waals surface area contributed by atoms with Crippen LogP contribution in [0.1, 0.15) is 49.5 Å². The standard InChI is InChI=1S/C10H11NO.C4H10/c1-2-11-7-8-5-3-4-6-9(8)10(11)12;1-3-4-2/h3-6H,2,7H2,1H3;3-4H2,1-2H3. The van der Waals surface area contributed by atoms with Gasteiger partial charge in [0, 0.05) is 18.7 Å². The molecule has 0 radical (unpaired) electrons. The Balaban J connectivity index is 0.000000280. The Hall–Kier alpha value is -1.31. The average Bonchev–Trinajstić information content (AvgIpc) is 2.67. The van der Waals surface area contributed by atoms with E-state index in [1.54, 1.807) is 0 Å². The van der Waals surface area contributed by atoms with Gasteiger partial charge in [0.15, 0.2) is 0 Å². The minimum absolute atomic E-state index is 0.174. The summed E-state index contributed by atoms with van der Waals surface area (Å²) in [5.41, 5.74) is 2.03. The van der Waals surface area contributed by atoms with Crippen LogP contribution in [0.4, 0.5) is 0 Å². The van der Waals surface area contributed by atoms with Gasteiger partial charge in [0.25, 0.3) is 5.91 Å². The molecule has 1 aliphatic rings. The molecule has 2 rings (SSSR count). The number of fused-ring (bicyclic) bond motifs is 1. The topological polar surface area (TPSA) is 20.3 Å². The molecular weight excluding hydrogens is 198 g/mol. The lowest BCUT2D eigenvalue weighted by molar-refractivity contribution is 0.0787. The predicted octanol–water partition coefficient (Wildman–Crippen LogP) is 3.47. The van der Waals surface area contributed by atoms with E-state index in [-0.39, 0.29) is 5.91 Å². The monoisotopic (exact) mass is 219 g/mol.